The highest BCUT2D eigenvalue weighted by molar-refractivity contribution is 6.08. The van der Waals surface area contributed by atoms with Crippen LogP contribution in [-0.4, -0.2) is 40.8 Å². The number of anilines is 1. The Bertz CT molecular complexity index is 963. The third-order valence-electron chi connectivity index (χ3n) is 5.13. The Hall–Kier alpha value is -2.75. The van der Waals surface area contributed by atoms with Gasteiger partial charge in [0, 0.05) is 5.56 Å². The van der Waals surface area contributed by atoms with Crippen LogP contribution in [0.2, 0.25) is 0 Å². The molecular formula is C18H12F6N2O2. The van der Waals surface area contributed by atoms with Crippen molar-refractivity contribution < 1.29 is 36.2 Å². The van der Waals surface area contributed by atoms with Crippen molar-refractivity contribution in [2.45, 2.75) is 17.4 Å². The Balaban J connectivity index is 2.00. The van der Waals surface area contributed by atoms with Gasteiger partial charge in [-0.3, -0.25) is 9.69 Å². The molecule has 1 saturated heterocycles. The summed E-state index contributed by atoms with van der Waals surface area (Å²) in [6.45, 7) is -2.96. The first kappa shape index (κ1) is 18.6. The number of halogens is 6. The van der Waals surface area contributed by atoms with Crippen LogP contribution in [0.25, 0.3) is 0 Å². The second-order valence-electron chi connectivity index (χ2n) is 6.76. The molecule has 1 amide bonds. The summed E-state index contributed by atoms with van der Waals surface area (Å²) in [4.78, 5) is 13.5. The minimum absolute atomic E-state index is 0.0546. The molecule has 1 fully saturated rings. The zero-order valence-corrected chi connectivity index (χ0v) is 13.9. The summed E-state index contributed by atoms with van der Waals surface area (Å²) in [5, 5.41) is 11.6. The van der Waals surface area contributed by atoms with Gasteiger partial charge in [0.15, 0.2) is 17.2 Å². The SMILES string of the molecule is O=C1Nc2c(ccc(F)c2F)C1(c1ccc(O)cc1)N1CC(F)(F)C(F)(F)C1. The molecule has 2 aliphatic rings. The number of rotatable bonds is 2. The predicted molar refractivity (Wildman–Crippen MR) is 85.3 cm³/mol. The molecule has 2 N–H and O–H groups in total. The highest BCUT2D eigenvalue weighted by atomic mass is 19.3. The molecule has 1 atom stereocenters. The van der Waals surface area contributed by atoms with E-state index in [2.05, 4.69) is 5.32 Å². The molecule has 4 rings (SSSR count). The highest BCUT2D eigenvalue weighted by Gasteiger charge is 2.68. The number of carbonyl (C=O) groups excluding carboxylic acids is 1. The van der Waals surface area contributed by atoms with Gasteiger partial charge in [0.25, 0.3) is 5.91 Å². The maximum absolute atomic E-state index is 14.2. The van der Waals surface area contributed by atoms with Gasteiger partial charge in [-0.05, 0) is 23.8 Å². The van der Waals surface area contributed by atoms with E-state index in [9.17, 15) is 36.2 Å². The third kappa shape index (κ3) is 2.27. The average Bonchev–Trinajstić information content (AvgIpc) is 3.02. The maximum Gasteiger partial charge on any atom is 0.323 e. The first-order chi connectivity index (χ1) is 13.0. The molecule has 0 spiro atoms. The number of amides is 1. The number of aromatic hydroxyl groups is 1. The minimum atomic E-state index is -4.43. The lowest BCUT2D eigenvalue weighted by molar-refractivity contribution is -0.172. The summed E-state index contributed by atoms with van der Waals surface area (Å²) in [6.07, 6.45) is 0. The molecule has 2 heterocycles. The normalized spacial score (nSPS) is 25.6. The number of hydrogen-bond acceptors (Lipinski definition) is 3. The third-order valence-corrected chi connectivity index (χ3v) is 5.13. The minimum Gasteiger partial charge on any atom is -0.508 e. The van der Waals surface area contributed by atoms with Gasteiger partial charge in [0.05, 0.1) is 18.8 Å². The summed E-state index contributed by atoms with van der Waals surface area (Å²) in [7, 11) is 0. The van der Waals surface area contributed by atoms with E-state index >= 15 is 0 Å². The molecule has 0 radical (unpaired) electrons. The fourth-order valence-corrected chi connectivity index (χ4v) is 3.79. The van der Waals surface area contributed by atoms with Crippen molar-refractivity contribution in [2.24, 2.45) is 0 Å². The lowest BCUT2D eigenvalue weighted by atomic mass is 9.82. The largest absolute Gasteiger partial charge is 0.508 e. The zero-order valence-electron chi connectivity index (χ0n) is 13.9. The number of hydrogen-bond donors (Lipinski definition) is 2. The van der Waals surface area contributed by atoms with Crippen LogP contribution in [0.1, 0.15) is 11.1 Å². The van der Waals surface area contributed by atoms with Crippen LogP contribution < -0.4 is 5.32 Å². The van der Waals surface area contributed by atoms with Gasteiger partial charge in [-0.2, -0.15) is 17.6 Å². The van der Waals surface area contributed by atoms with Gasteiger partial charge in [-0.15, -0.1) is 0 Å². The Labute approximate surface area is 154 Å². The zero-order chi connectivity index (χ0) is 20.5. The number of likely N-dealkylation sites (tertiary alicyclic amines) is 1. The van der Waals surface area contributed by atoms with Gasteiger partial charge in [-0.1, -0.05) is 18.2 Å². The van der Waals surface area contributed by atoms with E-state index in [1.807, 2.05) is 0 Å². The predicted octanol–water partition coefficient (Wildman–Crippen LogP) is 3.45. The molecule has 2 aliphatic heterocycles. The van der Waals surface area contributed by atoms with Gasteiger partial charge < -0.3 is 10.4 Å². The van der Waals surface area contributed by atoms with Crippen molar-refractivity contribution in [3.63, 3.8) is 0 Å². The van der Waals surface area contributed by atoms with E-state index in [0.717, 1.165) is 18.2 Å². The Morgan fingerprint density at radius 1 is 0.929 bits per heavy atom. The number of phenolic OH excluding ortho intramolecular Hbond substituents is 1. The van der Waals surface area contributed by atoms with E-state index in [1.54, 1.807) is 0 Å². The van der Waals surface area contributed by atoms with E-state index in [-0.39, 0.29) is 16.9 Å². The van der Waals surface area contributed by atoms with E-state index < -0.39 is 53.7 Å². The Morgan fingerprint density at radius 3 is 2.07 bits per heavy atom. The molecule has 0 aromatic heterocycles. The molecular weight excluding hydrogens is 390 g/mol. The summed E-state index contributed by atoms with van der Waals surface area (Å²) in [5.41, 5.74) is -3.17. The fourth-order valence-electron chi connectivity index (χ4n) is 3.79. The number of nitrogens with zero attached hydrogens (tertiary/aromatic N) is 1. The van der Waals surface area contributed by atoms with Gasteiger partial charge in [-0.25, -0.2) is 8.78 Å². The van der Waals surface area contributed by atoms with E-state index in [4.69, 9.17) is 0 Å². The smallest absolute Gasteiger partial charge is 0.323 e. The number of carbonyl (C=O) groups is 1. The number of alkyl halides is 4. The first-order valence-corrected chi connectivity index (χ1v) is 8.11. The second-order valence-corrected chi connectivity index (χ2v) is 6.76. The van der Waals surface area contributed by atoms with Crippen molar-refractivity contribution in [3.8, 4) is 5.75 Å². The molecule has 0 bridgehead atoms. The molecule has 2 aromatic carbocycles. The van der Waals surface area contributed by atoms with Crippen LogP contribution in [-0.2, 0) is 10.3 Å². The van der Waals surface area contributed by atoms with Crippen LogP contribution in [0.3, 0.4) is 0 Å². The van der Waals surface area contributed by atoms with Crippen molar-refractivity contribution >= 4 is 11.6 Å². The second kappa shape index (κ2) is 5.63. The molecule has 0 saturated carbocycles. The number of phenols is 1. The number of benzene rings is 2. The Kier molecular flexibility index (Phi) is 3.74. The lowest BCUT2D eigenvalue weighted by Crippen LogP contribution is -2.51. The van der Waals surface area contributed by atoms with Crippen molar-refractivity contribution in [1.29, 1.82) is 0 Å². The molecule has 1 unspecified atom stereocenters. The molecule has 28 heavy (non-hydrogen) atoms. The van der Waals surface area contributed by atoms with E-state index in [1.165, 1.54) is 12.1 Å². The summed E-state index contributed by atoms with van der Waals surface area (Å²) in [5.74, 6) is -12.9. The van der Waals surface area contributed by atoms with Crippen molar-refractivity contribution in [3.05, 3.63) is 59.2 Å². The highest BCUT2D eigenvalue weighted by Crippen LogP contribution is 2.52. The summed E-state index contributed by atoms with van der Waals surface area (Å²) >= 11 is 0. The van der Waals surface area contributed by atoms with Crippen LogP contribution >= 0.6 is 0 Å². The average molecular weight is 402 g/mol. The van der Waals surface area contributed by atoms with Crippen molar-refractivity contribution in [2.75, 3.05) is 18.4 Å². The lowest BCUT2D eigenvalue weighted by Gasteiger charge is -2.37. The van der Waals surface area contributed by atoms with Crippen molar-refractivity contribution in [1.82, 2.24) is 4.90 Å². The fraction of sp³-hybridized carbons (Fsp3) is 0.278. The van der Waals surface area contributed by atoms with Gasteiger partial charge >= 0.3 is 11.8 Å². The summed E-state index contributed by atoms with van der Waals surface area (Å²) in [6, 6.07) is 6.31. The number of fused-ring (bicyclic) bond motifs is 1. The van der Waals surface area contributed by atoms with Gasteiger partial charge in [0.2, 0.25) is 0 Å². The topological polar surface area (TPSA) is 52.6 Å². The van der Waals surface area contributed by atoms with E-state index in [0.29, 0.717) is 11.0 Å². The summed E-state index contributed by atoms with van der Waals surface area (Å²) < 4.78 is 83.6. The van der Waals surface area contributed by atoms with Crippen LogP contribution in [0.5, 0.6) is 5.75 Å². The van der Waals surface area contributed by atoms with Crippen LogP contribution in [0.4, 0.5) is 32.0 Å². The standard InChI is InChI=1S/C18H12F6N2O2/c19-12-6-5-11-14(13(12)20)25-15(28)18(11,9-1-3-10(27)4-2-9)26-7-16(21,22)17(23,24)8-26/h1-6,27H,7-8H2,(H,25,28). The maximum atomic E-state index is 14.2. The molecule has 10 heteroatoms. The van der Waals surface area contributed by atoms with Crippen LogP contribution in [0.15, 0.2) is 36.4 Å². The van der Waals surface area contributed by atoms with Gasteiger partial charge in [0.1, 0.15) is 5.75 Å². The quantitative estimate of drug-likeness (QED) is 0.757. The Morgan fingerprint density at radius 2 is 1.50 bits per heavy atom. The molecule has 4 nitrogen and oxygen atoms in total. The molecule has 2 aromatic rings. The molecule has 148 valence electrons. The van der Waals surface area contributed by atoms with Crippen LogP contribution in [0, 0.1) is 11.6 Å². The first-order valence-electron chi connectivity index (χ1n) is 8.11. The molecule has 0 aliphatic carbocycles. The monoisotopic (exact) mass is 402 g/mol. The number of nitrogens with one attached hydrogen (secondary N) is 1.